The molecule has 0 aliphatic rings. The number of hydrogen-bond acceptors (Lipinski definition) is 5. The molecule has 104 valence electrons. The molecule has 1 heterocycles. The number of nitrogens with zero attached hydrogens (tertiary/aromatic N) is 1. The molecule has 1 aromatic rings. The van der Waals surface area contributed by atoms with Crippen molar-refractivity contribution < 1.29 is 8.42 Å². The normalized spacial score (nSPS) is 14.1. The van der Waals surface area contributed by atoms with Crippen molar-refractivity contribution in [2.24, 2.45) is 0 Å². The van der Waals surface area contributed by atoms with Gasteiger partial charge in [-0.25, -0.2) is 13.1 Å². The molecular weight excluding hydrogens is 270 g/mol. The second-order valence-corrected chi connectivity index (χ2v) is 7.37. The lowest BCUT2D eigenvalue weighted by molar-refractivity contribution is 0.314. The number of sulfonamides is 1. The average molecular weight is 291 g/mol. The minimum atomic E-state index is -3.37. The SMILES string of the molecule is CNCc1csc(S(=O)(=O)NCC(C)N(C)C)c1. The van der Waals surface area contributed by atoms with E-state index in [0.29, 0.717) is 17.3 Å². The van der Waals surface area contributed by atoms with Gasteiger partial charge < -0.3 is 10.2 Å². The maximum Gasteiger partial charge on any atom is 0.250 e. The molecule has 0 aliphatic carbocycles. The fraction of sp³-hybridized carbons (Fsp3) is 0.636. The molecule has 18 heavy (non-hydrogen) atoms. The molecule has 1 unspecified atom stereocenters. The average Bonchev–Trinajstić information content (AvgIpc) is 2.75. The van der Waals surface area contributed by atoms with Crippen LogP contribution in [-0.4, -0.2) is 47.0 Å². The van der Waals surface area contributed by atoms with Gasteiger partial charge in [-0.2, -0.15) is 0 Å². The third-order valence-electron chi connectivity index (χ3n) is 2.73. The van der Waals surface area contributed by atoms with Crippen LogP contribution in [0.5, 0.6) is 0 Å². The van der Waals surface area contributed by atoms with Crippen LogP contribution in [0.3, 0.4) is 0 Å². The molecule has 0 aliphatic heterocycles. The number of nitrogens with one attached hydrogen (secondary N) is 2. The van der Waals surface area contributed by atoms with Crippen molar-refractivity contribution in [2.45, 2.75) is 23.7 Å². The van der Waals surface area contributed by atoms with Crippen molar-refractivity contribution in [3.8, 4) is 0 Å². The molecule has 0 radical (unpaired) electrons. The van der Waals surface area contributed by atoms with Gasteiger partial charge in [-0.05, 0) is 45.1 Å². The topological polar surface area (TPSA) is 61.4 Å². The zero-order valence-electron chi connectivity index (χ0n) is 11.2. The van der Waals surface area contributed by atoms with Gasteiger partial charge in [0.1, 0.15) is 4.21 Å². The Morgan fingerprint density at radius 2 is 2.11 bits per heavy atom. The maximum atomic E-state index is 12.0. The molecule has 0 amide bonds. The Hall–Kier alpha value is -0.470. The highest BCUT2D eigenvalue weighted by Crippen LogP contribution is 2.19. The fourth-order valence-corrected chi connectivity index (χ4v) is 3.65. The van der Waals surface area contributed by atoms with Crippen molar-refractivity contribution in [3.05, 3.63) is 17.0 Å². The number of likely N-dealkylation sites (N-methyl/N-ethyl adjacent to an activating group) is 1. The molecule has 5 nitrogen and oxygen atoms in total. The molecular formula is C11H21N3O2S2. The highest BCUT2D eigenvalue weighted by atomic mass is 32.2. The van der Waals surface area contributed by atoms with Crippen molar-refractivity contribution in [1.82, 2.24) is 14.9 Å². The van der Waals surface area contributed by atoms with E-state index >= 15 is 0 Å². The van der Waals surface area contributed by atoms with Gasteiger partial charge >= 0.3 is 0 Å². The Labute approximate surface area is 113 Å². The van der Waals surface area contributed by atoms with Crippen LogP contribution in [0.2, 0.25) is 0 Å². The second-order valence-electron chi connectivity index (χ2n) is 4.47. The van der Waals surface area contributed by atoms with Gasteiger partial charge in [-0.1, -0.05) is 0 Å². The summed E-state index contributed by atoms with van der Waals surface area (Å²) in [7, 11) is 2.32. The molecule has 0 fully saturated rings. The van der Waals surface area contributed by atoms with Crippen LogP contribution >= 0.6 is 11.3 Å². The smallest absolute Gasteiger partial charge is 0.250 e. The van der Waals surface area contributed by atoms with E-state index < -0.39 is 10.0 Å². The molecule has 0 saturated carbocycles. The first-order chi connectivity index (χ1) is 8.36. The van der Waals surface area contributed by atoms with Gasteiger partial charge in [0.2, 0.25) is 10.0 Å². The molecule has 7 heteroatoms. The molecule has 0 aromatic carbocycles. The van der Waals surface area contributed by atoms with Gasteiger partial charge in [0, 0.05) is 19.1 Å². The first kappa shape index (κ1) is 15.6. The lowest BCUT2D eigenvalue weighted by Crippen LogP contribution is -2.37. The van der Waals surface area contributed by atoms with Crippen LogP contribution in [0.1, 0.15) is 12.5 Å². The first-order valence-corrected chi connectivity index (χ1v) is 8.11. The Morgan fingerprint density at radius 1 is 1.44 bits per heavy atom. The summed E-state index contributed by atoms with van der Waals surface area (Å²) in [4.78, 5) is 1.98. The monoisotopic (exact) mass is 291 g/mol. The summed E-state index contributed by atoms with van der Waals surface area (Å²) in [6.07, 6.45) is 0. The lowest BCUT2D eigenvalue weighted by atomic mass is 10.3. The Balaban J connectivity index is 2.68. The molecule has 1 rings (SSSR count). The minimum Gasteiger partial charge on any atom is -0.316 e. The van der Waals surface area contributed by atoms with E-state index in [1.807, 2.05) is 38.3 Å². The molecule has 2 N–H and O–H groups in total. The third-order valence-corrected chi connectivity index (χ3v) is 5.64. The van der Waals surface area contributed by atoms with Crippen molar-refractivity contribution in [1.29, 1.82) is 0 Å². The Bertz CT molecular complexity index is 468. The van der Waals surface area contributed by atoms with Crippen molar-refractivity contribution in [3.63, 3.8) is 0 Å². The summed E-state index contributed by atoms with van der Waals surface area (Å²) in [5.41, 5.74) is 0.989. The molecule has 0 bridgehead atoms. The standard InChI is InChI=1S/C11H21N3O2S2/c1-9(14(3)4)6-13-18(15,16)11-5-10(7-12-2)8-17-11/h5,8-9,12-13H,6-7H2,1-4H3. The number of thiophene rings is 1. The highest BCUT2D eigenvalue weighted by Gasteiger charge is 2.17. The van der Waals surface area contributed by atoms with E-state index in [9.17, 15) is 8.42 Å². The quantitative estimate of drug-likeness (QED) is 0.776. The summed E-state index contributed by atoms with van der Waals surface area (Å²) in [6, 6.07) is 1.88. The van der Waals surface area contributed by atoms with E-state index in [4.69, 9.17) is 0 Å². The minimum absolute atomic E-state index is 0.163. The predicted molar refractivity (Wildman–Crippen MR) is 75.4 cm³/mol. The van der Waals surface area contributed by atoms with Gasteiger partial charge in [-0.3, -0.25) is 0 Å². The molecule has 0 spiro atoms. The van der Waals surface area contributed by atoms with E-state index in [0.717, 1.165) is 5.56 Å². The third kappa shape index (κ3) is 4.33. The van der Waals surface area contributed by atoms with Gasteiger partial charge in [-0.15, -0.1) is 11.3 Å². The Morgan fingerprint density at radius 3 is 2.67 bits per heavy atom. The maximum absolute atomic E-state index is 12.0. The van der Waals surface area contributed by atoms with Crippen LogP contribution in [0.15, 0.2) is 15.7 Å². The highest BCUT2D eigenvalue weighted by molar-refractivity contribution is 7.91. The van der Waals surface area contributed by atoms with Crippen molar-refractivity contribution in [2.75, 3.05) is 27.7 Å². The van der Waals surface area contributed by atoms with Gasteiger partial charge in [0.25, 0.3) is 0 Å². The van der Waals surface area contributed by atoms with E-state index in [2.05, 4.69) is 10.0 Å². The van der Waals surface area contributed by atoms with Crippen LogP contribution in [0.4, 0.5) is 0 Å². The Kier molecular flexibility index (Phi) is 5.74. The zero-order chi connectivity index (χ0) is 13.8. The molecule has 0 saturated heterocycles. The van der Waals surface area contributed by atoms with Crippen LogP contribution in [0, 0.1) is 0 Å². The first-order valence-electron chi connectivity index (χ1n) is 5.75. The number of rotatable bonds is 7. The summed E-state index contributed by atoms with van der Waals surface area (Å²) in [5.74, 6) is 0. The van der Waals surface area contributed by atoms with Gasteiger partial charge in [0.15, 0.2) is 0 Å². The molecule has 1 atom stereocenters. The van der Waals surface area contributed by atoms with Crippen LogP contribution < -0.4 is 10.0 Å². The van der Waals surface area contributed by atoms with Crippen LogP contribution in [0.25, 0.3) is 0 Å². The van der Waals surface area contributed by atoms with E-state index in [1.165, 1.54) is 11.3 Å². The fourth-order valence-electron chi connectivity index (χ4n) is 1.27. The summed E-state index contributed by atoms with van der Waals surface area (Å²) in [5, 5.41) is 4.86. The predicted octanol–water partition coefficient (Wildman–Crippen LogP) is 0.696. The second kappa shape index (κ2) is 6.63. The summed E-state index contributed by atoms with van der Waals surface area (Å²) >= 11 is 1.25. The lowest BCUT2D eigenvalue weighted by Gasteiger charge is -2.19. The summed E-state index contributed by atoms with van der Waals surface area (Å²) in [6.45, 7) is 3.07. The van der Waals surface area contributed by atoms with E-state index in [-0.39, 0.29) is 6.04 Å². The number of hydrogen-bond donors (Lipinski definition) is 2. The summed E-state index contributed by atoms with van der Waals surface area (Å²) < 4.78 is 27.1. The zero-order valence-corrected chi connectivity index (χ0v) is 12.9. The molecule has 1 aromatic heterocycles. The largest absolute Gasteiger partial charge is 0.316 e. The van der Waals surface area contributed by atoms with Crippen molar-refractivity contribution >= 4 is 21.4 Å². The van der Waals surface area contributed by atoms with E-state index in [1.54, 1.807) is 6.07 Å². The van der Waals surface area contributed by atoms with Crippen LogP contribution in [-0.2, 0) is 16.6 Å². The van der Waals surface area contributed by atoms with Gasteiger partial charge in [0.05, 0.1) is 0 Å².